The SMILES string of the molecule is C[C@@H]1CN(C2CCCCC2)C(=S)NC1=O. The first kappa shape index (κ1) is 10.9. The highest BCUT2D eigenvalue weighted by Gasteiger charge is 2.31. The molecule has 1 amide bonds. The van der Waals surface area contributed by atoms with Crippen molar-refractivity contribution in [1.29, 1.82) is 0 Å². The molecule has 4 heteroatoms. The number of thiocarbonyl (C=S) groups is 1. The van der Waals surface area contributed by atoms with E-state index >= 15 is 0 Å². The van der Waals surface area contributed by atoms with E-state index in [0.717, 1.165) is 6.54 Å². The van der Waals surface area contributed by atoms with Crippen LogP contribution in [0.1, 0.15) is 39.0 Å². The normalized spacial score (nSPS) is 29.1. The quantitative estimate of drug-likeness (QED) is 0.690. The minimum atomic E-state index is 0.0682. The van der Waals surface area contributed by atoms with Crippen LogP contribution in [-0.2, 0) is 4.79 Å². The number of carbonyl (C=O) groups is 1. The zero-order valence-corrected chi connectivity index (χ0v) is 9.98. The van der Waals surface area contributed by atoms with Crippen LogP contribution in [0.2, 0.25) is 0 Å². The summed E-state index contributed by atoms with van der Waals surface area (Å²) in [6.45, 7) is 2.77. The van der Waals surface area contributed by atoms with Crippen LogP contribution in [0.5, 0.6) is 0 Å². The number of nitrogens with zero attached hydrogens (tertiary/aromatic N) is 1. The summed E-state index contributed by atoms with van der Waals surface area (Å²) in [4.78, 5) is 13.6. The molecule has 2 aliphatic rings. The molecule has 1 heterocycles. The second-order valence-electron chi connectivity index (χ2n) is 4.64. The lowest BCUT2D eigenvalue weighted by Crippen LogP contribution is -2.57. The van der Waals surface area contributed by atoms with Gasteiger partial charge in [0.1, 0.15) is 0 Å². The molecule has 1 saturated heterocycles. The van der Waals surface area contributed by atoms with Crippen molar-refractivity contribution in [3.63, 3.8) is 0 Å². The highest BCUT2D eigenvalue weighted by molar-refractivity contribution is 7.80. The fourth-order valence-corrected chi connectivity index (χ4v) is 2.79. The summed E-state index contributed by atoms with van der Waals surface area (Å²) >= 11 is 5.23. The molecule has 2 fully saturated rings. The zero-order valence-electron chi connectivity index (χ0n) is 9.16. The smallest absolute Gasteiger partial charge is 0.230 e. The lowest BCUT2D eigenvalue weighted by atomic mass is 9.93. The maximum Gasteiger partial charge on any atom is 0.230 e. The van der Waals surface area contributed by atoms with Gasteiger partial charge in [-0.3, -0.25) is 4.79 Å². The van der Waals surface area contributed by atoms with Crippen molar-refractivity contribution in [2.75, 3.05) is 6.54 Å². The van der Waals surface area contributed by atoms with Crippen LogP contribution in [0.3, 0.4) is 0 Å². The van der Waals surface area contributed by atoms with E-state index in [1.165, 1.54) is 32.1 Å². The van der Waals surface area contributed by atoms with Crippen molar-refractivity contribution in [3.8, 4) is 0 Å². The summed E-state index contributed by atoms with van der Waals surface area (Å²) in [5, 5.41) is 3.44. The second kappa shape index (κ2) is 4.47. The highest BCUT2D eigenvalue weighted by atomic mass is 32.1. The Balaban J connectivity index is 2.01. The van der Waals surface area contributed by atoms with Crippen LogP contribution in [0.4, 0.5) is 0 Å². The Labute approximate surface area is 96.2 Å². The molecule has 1 atom stereocenters. The largest absolute Gasteiger partial charge is 0.345 e. The van der Waals surface area contributed by atoms with Gasteiger partial charge in [-0.05, 0) is 25.1 Å². The maximum absolute atomic E-state index is 11.4. The van der Waals surface area contributed by atoms with Gasteiger partial charge in [-0.25, -0.2) is 0 Å². The summed E-state index contributed by atoms with van der Waals surface area (Å²) in [6, 6.07) is 0.564. The van der Waals surface area contributed by atoms with Crippen LogP contribution in [0.15, 0.2) is 0 Å². The van der Waals surface area contributed by atoms with Gasteiger partial charge in [0.15, 0.2) is 5.11 Å². The monoisotopic (exact) mass is 226 g/mol. The minimum Gasteiger partial charge on any atom is -0.345 e. The topological polar surface area (TPSA) is 32.3 Å². The minimum absolute atomic E-state index is 0.0682. The third-order valence-corrected chi connectivity index (χ3v) is 3.76. The molecular weight excluding hydrogens is 208 g/mol. The van der Waals surface area contributed by atoms with Gasteiger partial charge in [0.05, 0.1) is 5.92 Å². The van der Waals surface area contributed by atoms with Crippen LogP contribution >= 0.6 is 12.2 Å². The summed E-state index contributed by atoms with van der Waals surface area (Å²) in [5.74, 6) is 0.144. The lowest BCUT2D eigenvalue weighted by molar-refractivity contribution is -0.124. The Kier molecular flexibility index (Phi) is 3.24. The van der Waals surface area contributed by atoms with E-state index in [0.29, 0.717) is 11.2 Å². The molecular formula is C11H18N2OS. The van der Waals surface area contributed by atoms with Crippen molar-refractivity contribution >= 4 is 23.2 Å². The Hall–Kier alpha value is -0.640. The van der Waals surface area contributed by atoms with E-state index in [4.69, 9.17) is 12.2 Å². The fraction of sp³-hybridized carbons (Fsp3) is 0.818. The molecule has 0 aromatic heterocycles. The van der Waals surface area contributed by atoms with Gasteiger partial charge in [0, 0.05) is 12.6 Å². The lowest BCUT2D eigenvalue weighted by Gasteiger charge is -2.40. The number of amides is 1. The number of rotatable bonds is 1. The van der Waals surface area contributed by atoms with Gasteiger partial charge in [-0.1, -0.05) is 26.2 Å². The maximum atomic E-state index is 11.4. The van der Waals surface area contributed by atoms with E-state index in [-0.39, 0.29) is 11.8 Å². The van der Waals surface area contributed by atoms with Crippen molar-refractivity contribution in [3.05, 3.63) is 0 Å². The van der Waals surface area contributed by atoms with Gasteiger partial charge in [-0.15, -0.1) is 0 Å². The molecule has 0 unspecified atom stereocenters. The summed E-state index contributed by atoms with van der Waals surface area (Å²) in [5.41, 5.74) is 0. The summed E-state index contributed by atoms with van der Waals surface area (Å²) in [6.07, 6.45) is 6.39. The molecule has 1 aliphatic carbocycles. The van der Waals surface area contributed by atoms with Gasteiger partial charge in [0.25, 0.3) is 0 Å². The molecule has 2 rings (SSSR count). The van der Waals surface area contributed by atoms with E-state index < -0.39 is 0 Å². The Morgan fingerprint density at radius 1 is 1.33 bits per heavy atom. The van der Waals surface area contributed by atoms with Crippen LogP contribution in [0.25, 0.3) is 0 Å². The van der Waals surface area contributed by atoms with Gasteiger partial charge in [0.2, 0.25) is 5.91 Å². The Morgan fingerprint density at radius 2 is 2.00 bits per heavy atom. The van der Waals surface area contributed by atoms with Crippen molar-refractivity contribution in [2.45, 2.75) is 45.1 Å². The van der Waals surface area contributed by atoms with Gasteiger partial charge < -0.3 is 10.2 Å². The average molecular weight is 226 g/mol. The number of hydrogen-bond acceptors (Lipinski definition) is 2. The van der Waals surface area contributed by atoms with Crippen molar-refractivity contribution in [1.82, 2.24) is 10.2 Å². The summed E-state index contributed by atoms with van der Waals surface area (Å²) in [7, 11) is 0. The molecule has 1 saturated carbocycles. The molecule has 15 heavy (non-hydrogen) atoms. The number of hydrogen-bond donors (Lipinski definition) is 1. The van der Waals surface area contributed by atoms with E-state index in [2.05, 4.69) is 10.2 Å². The Bertz CT molecular complexity index is 274. The molecule has 0 bridgehead atoms. The first-order valence-corrected chi connectivity index (χ1v) is 6.21. The molecule has 1 aliphatic heterocycles. The predicted molar refractivity (Wildman–Crippen MR) is 63.5 cm³/mol. The first-order valence-electron chi connectivity index (χ1n) is 5.80. The molecule has 0 spiro atoms. The zero-order chi connectivity index (χ0) is 10.8. The Morgan fingerprint density at radius 3 is 2.67 bits per heavy atom. The van der Waals surface area contributed by atoms with Crippen molar-refractivity contribution in [2.24, 2.45) is 5.92 Å². The molecule has 0 aromatic carbocycles. The van der Waals surface area contributed by atoms with Crippen molar-refractivity contribution < 1.29 is 4.79 Å². The molecule has 0 aromatic rings. The average Bonchev–Trinajstić information content (AvgIpc) is 2.25. The molecule has 84 valence electrons. The van der Waals surface area contributed by atoms with E-state index in [1.54, 1.807) is 0 Å². The highest BCUT2D eigenvalue weighted by Crippen LogP contribution is 2.24. The first-order chi connectivity index (χ1) is 7.18. The number of nitrogens with one attached hydrogen (secondary N) is 1. The molecule has 1 N–H and O–H groups in total. The second-order valence-corrected chi connectivity index (χ2v) is 5.03. The number of carbonyl (C=O) groups excluding carboxylic acids is 1. The van der Waals surface area contributed by atoms with Crippen LogP contribution < -0.4 is 5.32 Å². The summed E-state index contributed by atoms with van der Waals surface area (Å²) < 4.78 is 0. The third-order valence-electron chi connectivity index (χ3n) is 3.42. The molecule has 0 radical (unpaired) electrons. The third kappa shape index (κ3) is 2.30. The van der Waals surface area contributed by atoms with Gasteiger partial charge >= 0.3 is 0 Å². The standard InChI is InChI=1S/C11H18N2OS/c1-8-7-13(11(15)12-10(8)14)9-5-3-2-4-6-9/h8-9H,2-7H2,1H3,(H,12,14,15)/t8-/m1/s1. The van der Waals surface area contributed by atoms with Crippen LogP contribution in [0, 0.1) is 5.92 Å². The van der Waals surface area contributed by atoms with Gasteiger partial charge in [-0.2, -0.15) is 0 Å². The predicted octanol–water partition coefficient (Wildman–Crippen LogP) is 1.67. The van der Waals surface area contributed by atoms with E-state index in [1.807, 2.05) is 6.92 Å². The van der Waals surface area contributed by atoms with Crippen LogP contribution in [-0.4, -0.2) is 28.5 Å². The fourth-order valence-electron chi connectivity index (χ4n) is 2.47. The van der Waals surface area contributed by atoms with E-state index in [9.17, 15) is 4.79 Å². The molecule has 3 nitrogen and oxygen atoms in total.